The molecule has 2 rings (SSSR count). The van der Waals surface area contributed by atoms with Gasteiger partial charge in [-0.05, 0) is 34.7 Å². The van der Waals surface area contributed by atoms with E-state index >= 15 is 0 Å². The van der Waals surface area contributed by atoms with Crippen LogP contribution in [0.5, 0.6) is 5.75 Å². The smallest absolute Gasteiger partial charge is 0.312 e. The van der Waals surface area contributed by atoms with Crippen LogP contribution in [0.25, 0.3) is 0 Å². The number of rotatable bonds is 6. The third kappa shape index (κ3) is 4.42. The number of benzene rings is 2. The van der Waals surface area contributed by atoms with Crippen LogP contribution in [0.4, 0.5) is 11.4 Å². The Morgan fingerprint density at radius 3 is 2.46 bits per heavy atom. The van der Waals surface area contributed by atoms with Crippen LogP contribution in [-0.4, -0.2) is 29.6 Å². The first-order valence-corrected chi connectivity index (χ1v) is 9.14. The largest absolute Gasteiger partial charge is 0.502 e. The fraction of sp³-hybridized carbons (Fsp3) is 0. The minimum atomic E-state index is -4.21. The normalized spacial score (nSPS) is 11.4. The van der Waals surface area contributed by atoms with Crippen molar-refractivity contribution in [3.8, 4) is 5.75 Å². The van der Waals surface area contributed by atoms with Crippen LogP contribution in [0, 0.1) is 23.8 Å². The number of hydrogen-bond acceptors (Lipinski definition) is 8. The Labute approximate surface area is 159 Å². The van der Waals surface area contributed by atoms with E-state index in [0.29, 0.717) is 3.57 Å². The Hall–Kier alpha value is -2.81. The predicted octanol–water partition coefficient (Wildman–Crippen LogP) is 2.13. The molecule has 136 valence electrons. The molecule has 2 aromatic carbocycles. The summed E-state index contributed by atoms with van der Waals surface area (Å²) in [5.41, 5.74) is -1.05. The lowest BCUT2D eigenvalue weighted by molar-refractivity contribution is -0.386. The van der Waals surface area contributed by atoms with Gasteiger partial charge in [-0.2, -0.15) is 13.5 Å². The summed E-state index contributed by atoms with van der Waals surface area (Å²) in [6.45, 7) is 0. The van der Waals surface area contributed by atoms with Crippen LogP contribution in [-0.2, 0) is 10.0 Å². The third-order valence-electron chi connectivity index (χ3n) is 3.00. The van der Waals surface area contributed by atoms with Gasteiger partial charge < -0.3 is 5.11 Å². The lowest BCUT2D eigenvalue weighted by atomic mass is 10.2. The first kappa shape index (κ1) is 19.5. The second-order valence-electron chi connectivity index (χ2n) is 4.73. The highest BCUT2D eigenvalue weighted by Gasteiger charge is 2.19. The number of sulfonamides is 1. The van der Waals surface area contributed by atoms with Gasteiger partial charge in [-0.1, -0.05) is 6.07 Å². The Kier molecular flexibility index (Phi) is 5.71. The van der Waals surface area contributed by atoms with E-state index in [-0.39, 0.29) is 10.5 Å². The lowest BCUT2D eigenvalue weighted by Crippen LogP contribution is -2.18. The van der Waals surface area contributed by atoms with Gasteiger partial charge in [-0.3, -0.25) is 20.2 Å². The highest BCUT2D eigenvalue weighted by atomic mass is 127. The van der Waals surface area contributed by atoms with E-state index in [1.54, 1.807) is 22.6 Å². The topological polar surface area (TPSA) is 165 Å². The highest BCUT2D eigenvalue weighted by molar-refractivity contribution is 14.1. The Morgan fingerprint density at radius 1 is 1.15 bits per heavy atom. The zero-order valence-electron chi connectivity index (χ0n) is 12.6. The number of phenolic OH excluding ortho intramolecular Hbond substituents is 1. The summed E-state index contributed by atoms with van der Waals surface area (Å²) in [6, 6.07) is 6.81. The molecule has 0 heterocycles. The molecule has 0 aliphatic heterocycles. The summed E-state index contributed by atoms with van der Waals surface area (Å²) in [5, 5.41) is 34.9. The van der Waals surface area contributed by atoms with E-state index in [9.17, 15) is 33.8 Å². The summed E-state index contributed by atoms with van der Waals surface area (Å²) in [6.07, 6.45) is 0.888. The van der Waals surface area contributed by atoms with Gasteiger partial charge in [0.15, 0.2) is 0 Å². The van der Waals surface area contributed by atoms with E-state index in [1.165, 1.54) is 12.1 Å². The van der Waals surface area contributed by atoms with Crippen LogP contribution >= 0.6 is 22.6 Å². The van der Waals surface area contributed by atoms with Crippen LogP contribution < -0.4 is 4.83 Å². The van der Waals surface area contributed by atoms with Gasteiger partial charge in [0, 0.05) is 27.3 Å². The third-order valence-corrected chi connectivity index (χ3v) is 4.84. The number of non-ortho nitro benzene ring substituents is 1. The van der Waals surface area contributed by atoms with Gasteiger partial charge in [0.05, 0.1) is 21.0 Å². The maximum absolute atomic E-state index is 12.1. The number of hydrogen-bond donors (Lipinski definition) is 2. The molecule has 0 atom stereocenters. The van der Waals surface area contributed by atoms with Crippen LogP contribution in [0.15, 0.2) is 46.4 Å². The minimum absolute atomic E-state index is 0.0784. The van der Waals surface area contributed by atoms with E-state index in [1.807, 2.05) is 4.83 Å². The highest BCUT2D eigenvalue weighted by Crippen LogP contribution is 2.30. The van der Waals surface area contributed by atoms with Gasteiger partial charge in [-0.25, -0.2) is 4.83 Å². The molecular formula is C13H9IN4O7S. The van der Waals surface area contributed by atoms with Gasteiger partial charge in [0.2, 0.25) is 5.75 Å². The van der Waals surface area contributed by atoms with Gasteiger partial charge >= 0.3 is 5.69 Å². The maximum atomic E-state index is 12.1. The molecule has 0 unspecified atom stereocenters. The molecule has 2 aromatic rings. The summed E-state index contributed by atoms with van der Waals surface area (Å²) < 4.78 is 24.6. The second-order valence-corrected chi connectivity index (χ2v) is 7.63. The van der Waals surface area contributed by atoms with Gasteiger partial charge in [-0.15, -0.1) is 0 Å². The van der Waals surface area contributed by atoms with Crippen LogP contribution in [0.1, 0.15) is 5.56 Å². The summed E-state index contributed by atoms with van der Waals surface area (Å²) in [4.78, 5) is 21.5. The van der Waals surface area contributed by atoms with Crippen molar-refractivity contribution in [1.29, 1.82) is 0 Å². The predicted molar refractivity (Wildman–Crippen MR) is 98.5 cm³/mol. The minimum Gasteiger partial charge on any atom is -0.502 e. The molecule has 0 spiro atoms. The Morgan fingerprint density at radius 2 is 1.85 bits per heavy atom. The molecular weight excluding hydrogens is 483 g/mol. The van der Waals surface area contributed by atoms with Crippen molar-refractivity contribution >= 4 is 50.2 Å². The zero-order valence-corrected chi connectivity index (χ0v) is 15.5. The molecule has 0 amide bonds. The van der Waals surface area contributed by atoms with Gasteiger partial charge in [0.1, 0.15) is 0 Å². The van der Waals surface area contributed by atoms with Crippen molar-refractivity contribution < 1.29 is 23.4 Å². The van der Waals surface area contributed by atoms with E-state index in [0.717, 1.165) is 30.5 Å². The van der Waals surface area contributed by atoms with Crippen LogP contribution in [0.2, 0.25) is 0 Å². The fourth-order valence-electron chi connectivity index (χ4n) is 1.83. The van der Waals surface area contributed by atoms with Crippen molar-refractivity contribution in [3.05, 3.63) is 65.8 Å². The van der Waals surface area contributed by atoms with Crippen molar-refractivity contribution in [2.45, 2.75) is 4.90 Å². The maximum Gasteiger partial charge on any atom is 0.312 e. The second kappa shape index (κ2) is 7.61. The monoisotopic (exact) mass is 492 g/mol. The number of nitrogens with one attached hydrogen (secondary N) is 1. The number of hydrazone groups is 1. The number of halogens is 1. The number of phenols is 1. The lowest BCUT2D eigenvalue weighted by Gasteiger charge is -2.04. The molecule has 0 aliphatic rings. The standard InChI is InChI=1S/C13H9IN4O7S/c14-9-4-8(13(19)12(5-9)18(22)23)7-15-16-26(24,25)11-3-1-2-10(6-11)17(20)21/h1-7,16,19H/b15-7-. The summed E-state index contributed by atoms with van der Waals surface area (Å²) in [5.74, 6) is -0.672. The van der Waals surface area contributed by atoms with E-state index in [2.05, 4.69) is 5.10 Å². The van der Waals surface area contributed by atoms with Crippen molar-refractivity contribution in [2.24, 2.45) is 5.10 Å². The molecule has 0 saturated heterocycles. The average molecular weight is 492 g/mol. The number of nitrogens with zero attached hydrogens (tertiary/aromatic N) is 3. The summed E-state index contributed by atoms with van der Waals surface area (Å²) in [7, 11) is -4.21. The Balaban J connectivity index is 2.29. The zero-order chi connectivity index (χ0) is 19.5. The fourth-order valence-corrected chi connectivity index (χ4v) is 3.29. The van der Waals surface area contributed by atoms with Gasteiger partial charge in [0.25, 0.3) is 15.7 Å². The van der Waals surface area contributed by atoms with Crippen LogP contribution in [0.3, 0.4) is 0 Å². The Bertz CT molecular complexity index is 1020. The van der Waals surface area contributed by atoms with Crippen molar-refractivity contribution in [2.75, 3.05) is 0 Å². The molecule has 0 aromatic heterocycles. The molecule has 0 fully saturated rings. The molecule has 0 aliphatic carbocycles. The number of aromatic hydroxyl groups is 1. The quantitative estimate of drug-likeness (QED) is 0.270. The van der Waals surface area contributed by atoms with Crippen molar-refractivity contribution in [1.82, 2.24) is 4.83 Å². The molecule has 11 nitrogen and oxygen atoms in total. The molecule has 26 heavy (non-hydrogen) atoms. The molecule has 0 radical (unpaired) electrons. The van der Waals surface area contributed by atoms with E-state index < -0.39 is 37.0 Å². The SMILES string of the molecule is O=[N+]([O-])c1cccc(S(=O)(=O)N/N=C\c2cc(I)cc([N+](=O)[O-])c2O)c1. The molecule has 0 bridgehead atoms. The van der Waals surface area contributed by atoms with Crippen molar-refractivity contribution in [3.63, 3.8) is 0 Å². The first-order valence-electron chi connectivity index (χ1n) is 6.58. The average Bonchev–Trinajstić information content (AvgIpc) is 2.57. The summed E-state index contributed by atoms with van der Waals surface area (Å²) >= 11 is 1.79. The molecule has 0 saturated carbocycles. The number of nitro benzene ring substituents is 2. The molecule has 13 heteroatoms. The van der Waals surface area contributed by atoms with E-state index in [4.69, 9.17) is 0 Å². The number of nitro groups is 2. The first-order chi connectivity index (χ1) is 12.1. The molecule has 2 N–H and O–H groups in total.